The second kappa shape index (κ2) is 3.48. The molecule has 4 heteroatoms. The van der Waals surface area contributed by atoms with Crippen molar-refractivity contribution in [3.8, 4) is 10.8 Å². The predicted molar refractivity (Wildman–Crippen MR) is 56.0 cm³/mol. The van der Waals surface area contributed by atoms with Gasteiger partial charge in [0.15, 0.2) is 5.06 Å². The van der Waals surface area contributed by atoms with Crippen molar-refractivity contribution in [3.63, 3.8) is 0 Å². The first kappa shape index (κ1) is 9.30. The van der Waals surface area contributed by atoms with Crippen LogP contribution >= 0.6 is 11.3 Å². The van der Waals surface area contributed by atoms with Crippen molar-refractivity contribution < 1.29 is 14.9 Å². The van der Waals surface area contributed by atoms with E-state index in [4.69, 9.17) is 9.84 Å². The third-order valence-corrected chi connectivity index (χ3v) is 2.97. The van der Waals surface area contributed by atoms with Crippen LogP contribution < -0.4 is 4.74 Å². The summed E-state index contributed by atoms with van der Waals surface area (Å²) >= 11 is 1.28. The van der Waals surface area contributed by atoms with Crippen LogP contribution in [0.2, 0.25) is 0 Å². The first-order valence-electron chi connectivity index (χ1n) is 4.15. The van der Waals surface area contributed by atoms with Gasteiger partial charge in [-0.15, -0.1) is 0 Å². The van der Waals surface area contributed by atoms with Gasteiger partial charge in [-0.3, -0.25) is 0 Å². The van der Waals surface area contributed by atoms with E-state index in [1.165, 1.54) is 11.3 Å². The molecule has 0 aliphatic rings. The summed E-state index contributed by atoms with van der Waals surface area (Å²) in [6.07, 6.45) is 0. The summed E-state index contributed by atoms with van der Waals surface area (Å²) in [6.45, 7) is -0.0517. The zero-order valence-corrected chi connectivity index (χ0v) is 8.47. The SMILES string of the molecule is COc1cc(CO)c2cc(O)sc2c1. The molecule has 0 amide bonds. The topological polar surface area (TPSA) is 49.7 Å². The Morgan fingerprint density at radius 1 is 1.36 bits per heavy atom. The summed E-state index contributed by atoms with van der Waals surface area (Å²) in [7, 11) is 1.58. The number of hydrogen-bond donors (Lipinski definition) is 2. The summed E-state index contributed by atoms with van der Waals surface area (Å²) in [5, 5.41) is 19.6. The number of benzene rings is 1. The van der Waals surface area contributed by atoms with Crippen LogP contribution in [-0.2, 0) is 6.61 Å². The maximum absolute atomic E-state index is 9.34. The van der Waals surface area contributed by atoms with Gasteiger partial charge < -0.3 is 14.9 Å². The van der Waals surface area contributed by atoms with Gasteiger partial charge in [0, 0.05) is 10.1 Å². The number of aliphatic hydroxyl groups excluding tert-OH is 1. The Morgan fingerprint density at radius 3 is 2.79 bits per heavy atom. The fourth-order valence-corrected chi connectivity index (χ4v) is 2.30. The molecule has 0 spiro atoms. The molecule has 0 atom stereocenters. The predicted octanol–water partition coefficient (Wildman–Crippen LogP) is 2.11. The highest BCUT2D eigenvalue weighted by Gasteiger charge is 2.07. The molecule has 0 saturated heterocycles. The smallest absolute Gasteiger partial charge is 0.172 e. The lowest BCUT2D eigenvalue weighted by Crippen LogP contribution is -1.87. The summed E-state index contributed by atoms with van der Waals surface area (Å²) in [5.74, 6) is 0.698. The number of hydrogen-bond acceptors (Lipinski definition) is 4. The van der Waals surface area contributed by atoms with E-state index in [1.54, 1.807) is 19.2 Å². The monoisotopic (exact) mass is 210 g/mol. The van der Waals surface area contributed by atoms with Crippen molar-refractivity contribution in [2.45, 2.75) is 6.61 Å². The summed E-state index contributed by atoms with van der Waals surface area (Å²) < 4.78 is 6.01. The Morgan fingerprint density at radius 2 is 2.14 bits per heavy atom. The molecular weight excluding hydrogens is 200 g/mol. The summed E-state index contributed by atoms with van der Waals surface area (Å²) in [5.41, 5.74) is 0.774. The Bertz CT molecular complexity index is 462. The molecule has 0 bridgehead atoms. The van der Waals surface area contributed by atoms with Gasteiger partial charge >= 0.3 is 0 Å². The largest absolute Gasteiger partial charge is 0.499 e. The third-order valence-electron chi connectivity index (χ3n) is 2.09. The standard InChI is InChI=1S/C10H10O3S/c1-13-7-2-6(5-11)8-4-10(12)14-9(8)3-7/h2-4,11-12H,5H2,1H3. The lowest BCUT2D eigenvalue weighted by atomic mass is 10.1. The number of aliphatic hydroxyl groups is 1. The Hall–Kier alpha value is -1.26. The van der Waals surface area contributed by atoms with Crippen molar-refractivity contribution in [2.75, 3.05) is 7.11 Å². The average molecular weight is 210 g/mol. The number of fused-ring (bicyclic) bond motifs is 1. The molecule has 0 fully saturated rings. The highest BCUT2D eigenvalue weighted by atomic mass is 32.1. The van der Waals surface area contributed by atoms with Crippen LogP contribution in [0, 0.1) is 0 Å². The zero-order valence-electron chi connectivity index (χ0n) is 7.65. The second-order valence-electron chi connectivity index (χ2n) is 2.94. The number of methoxy groups -OCH3 is 1. The molecule has 0 aliphatic heterocycles. The summed E-state index contributed by atoms with van der Waals surface area (Å²) in [6, 6.07) is 5.28. The molecule has 1 heterocycles. The van der Waals surface area contributed by atoms with Crippen molar-refractivity contribution in [3.05, 3.63) is 23.8 Å². The fraction of sp³-hybridized carbons (Fsp3) is 0.200. The molecule has 14 heavy (non-hydrogen) atoms. The lowest BCUT2D eigenvalue weighted by Gasteiger charge is -2.03. The van der Waals surface area contributed by atoms with Crippen molar-refractivity contribution in [2.24, 2.45) is 0 Å². The van der Waals surface area contributed by atoms with E-state index < -0.39 is 0 Å². The van der Waals surface area contributed by atoms with Crippen LogP contribution in [0.15, 0.2) is 18.2 Å². The van der Waals surface area contributed by atoms with Gasteiger partial charge in [-0.05, 0) is 23.8 Å². The molecule has 2 N–H and O–H groups in total. The minimum atomic E-state index is -0.0517. The van der Waals surface area contributed by atoms with Gasteiger partial charge in [0.2, 0.25) is 0 Å². The maximum Gasteiger partial charge on any atom is 0.172 e. The highest BCUT2D eigenvalue weighted by molar-refractivity contribution is 7.20. The van der Waals surface area contributed by atoms with Gasteiger partial charge in [-0.25, -0.2) is 0 Å². The van der Waals surface area contributed by atoms with E-state index in [1.807, 2.05) is 6.07 Å². The van der Waals surface area contributed by atoms with Crippen LogP contribution in [0.3, 0.4) is 0 Å². The van der Waals surface area contributed by atoms with Crippen molar-refractivity contribution in [1.29, 1.82) is 0 Å². The Labute approximate surface area is 85.2 Å². The van der Waals surface area contributed by atoms with E-state index in [0.717, 1.165) is 15.6 Å². The molecule has 74 valence electrons. The van der Waals surface area contributed by atoms with Crippen molar-refractivity contribution in [1.82, 2.24) is 0 Å². The molecular formula is C10H10O3S. The average Bonchev–Trinajstić information content (AvgIpc) is 2.56. The number of thiophene rings is 1. The molecule has 1 aromatic heterocycles. The number of rotatable bonds is 2. The van der Waals surface area contributed by atoms with Crippen molar-refractivity contribution >= 4 is 21.4 Å². The van der Waals surface area contributed by atoms with E-state index in [2.05, 4.69) is 0 Å². The first-order valence-corrected chi connectivity index (χ1v) is 4.96. The van der Waals surface area contributed by atoms with Gasteiger partial charge in [0.1, 0.15) is 5.75 Å². The van der Waals surface area contributed by atoms with E-state index in [-0.39, 0.29) is 11.7 Å². The Balaban J connectivity index is 2.72. The minimum absolute atomic E-state index is 0.0517. The van der Waals surface area contributed by atoms with E-state index in [0.29, 0.717) is 5.75 Å². The van der Waals surface area contributed by atoms with Gasteiger partial charge in [0.25, 0.3) is 0 Å². The quantitative estimate of drug-likeness (QED) is 0.798. The molecule has 0 unspecified atom stereocenters. The Kier molecular flexibility index (Phi) is 2.31. The molecule has 2 aromatic rings. The van der Waals surface area contributed by atoms with Crippen LogP contribution in [0.25, 0.3) is 10.1 Å². The van der Waals surface area contributed by atoms with Gasteiger partial charge in [-0.2, -0.15) is 0 Å². The number of ether oxygens (including phenoxy) is 1. The van der Waals surface area contributed by atoms with Crippen LogP contribution in [-0.4, -0.2) is 17.3 Å². The van der Waals surface area contributed by atoms with Crippen LogP contribution in [0.5, 0.6) is 10.8 Å². The minimum Gasteiger partial charge on any atom is -0.499 e. The first-order chi connectivity index (χ1) is 6.74. The molecule has 1 aromatic carbocycles. The second-order valence-corrected chi connectivity index (χ2v) is 4.00. The fourth-order valence-electron chi connectivity index (χ4n) is 1.42. The normalized spacial score (nSPS) is 10.7. The van der Waals surface area contributed by atoms with Gasteiger partial charge in [-0.1, -0.05) is 11.3 Å². The molecule has 2 rings (SSSR count). The summed E-state index contributed by atoms with van der Waals surface area (Å²) in [4.78, 5) is 0. The third kappa shape index (κ3) is 1.42. The van der Waals surface area contributed by atoms with Gasteiger partial charge in [0.05, 0.1) is 13.7 Å². The van der Waals surface area contributed by atoms with E-state index in [9.17, 15) is 5.11 Å². The molecule has 0 saturated carbocycles. The molecule has 3 nitrogen and oxygen atoms in total. The van der Waals surface area contributed by atoms with Crippen LogP contribution in [0.4, 0.5) is 0 Å². The highest BCUT2D eigenvalue weighted by Crippen LogP contribution is 2.35. The van der Waals surface area contributed by atoms with Crippen LogP contribution in [0.1, 0.15) is 5.56 Å². The lowest BCUT2D eigenvalue weighted by molar-refractivity contribution is 0.282. The molecule has 0 radical (unpaired) electrons. The molecule has 0 aliphatic carbocycles. The number of aromatic hydroxyl groups is 1. The van der Waals surface area contributed by atoms with E-state index >= 15 is 0 Å². The zero-order chi connectivity index (χ0) is 10.1. The maximum atomic E-state index is 9.34.